The van der Waals surface area contributed by atoms with Gasteiger partial charge in [0, 0.05) is 32.4 Å². The molecule has 4 rings (SSSR count). The van der Waals surface area contributed by atoms with Crippen LogP contribution in [0, 0.1) is 5.82 Å². The van der Waals surface area contributed by atoms with Gasteiger partial charge in [0.2, 0.25) is 0 Å². The quantitative estimate of drug-likeness (QED) is 0.294. The van der Waals surface area contributed by atoms with Crippen LogP contribution in [0.4, 0.5) is 21.5 Å². The van der Waals surface area contributed by atoms with E-state index in [2.05, 4.69) is 32.0 Å². The molecular formula is C28H32FN5O3. The number of carbonyl (C=O) groups excluding carboxylic acids is 1. The maximum atomic E-state index is 13.3. The van der Waals surface area contributed by atoms with Gasteiger partial charge in [-0.25, -0.2) is 4.39 Å². The number of rotatable bonds is 11. The molecule has 0 bridgehead atoms. The molecule has 2 N–H and O–H groups in total. The zero-order valence-electron chi connectivity index (χ0n) is 21.5. The SMILES string of the molecule is C=CC1(Nc2cc(NC(=O)c3cc(-c4ccc(F)cc4)ccn3)c(OC)cc2N(C)CCN(C)C)CO1. The number of epoxide rings is 1. The number of methoxy groups -OCH3 is 1. The van der Waals surface area contributed by atoms with Crippen LogP contribution in [0.25, 0.3) is 11.1 Å². The molecule has 1 saturated heterocycles. The highest BCUT2D eigenvalue weighted by atomic mass is 19.1. The molecule has 1 fully saturated rings. The van der Waals surface area contributed by atoms with Crippen LogP contribution in [0.15, 0.2) is 67.4 Å². The Labute approximate surface area is 216 Å². The fourth-order valence-electron chi connectivity index (χ4n) is 3.83. The van der Waals surface area contributed by atoms with Crippen molar-refractivity contribution in [1.82, 2.24) is 9.88 Å². The minimum absolute atomic E-state index is 0.221. The highest BCUT2D eigenvalue weighted by molar-refractivity contribution is 6.05. The molecule has 3 aromatic rings. The molecule has 1 atom stereocenters. The summed E-state index contributed by atoms with van der Waals surface area (Å²) in [5, 5.41) is 6.33. The highest BCUT2D eigenvalue weighted by Gasteiger charge is 2.42. The summed E-state index contributed by atoms with van der Waals surface area (Å²) in [4.78, 5) is 21.7. The number of carbonyl (C=O) groups is 1. The molecule has 0 saturated carbocycles. The summed E-state index contributed by atoms with van der Waals surface area (Å²) < 4.78 is 24.6. The van der Waals surface area contributed by atoms with Crippen LogP contribution in [0.5, 0.6) is 5.75 Å². The van der Waals surface area contributed by atoms with Gasteiger partial charge < -0.3 is 29.9 Å². The molecule has 1 unspecified atom stereocenters. The molecule has 1 aliphatic rings. The first-order chi connectivity index (χ1) is 17.7. The minimum atomic E-state index is -0.641. The van der Waals surface area contributed by atoms with Crippen molar-refractivity contribution in [2.75, 3.05) is 63.5 Å². The van der Waals surface area contributed by atoms with Crippen molar-refractivity contribution in [1.29, 1.82) is 0 Å². The number of hydrogen-bond donors (Lipinski definition) is 2. The average Bonchev–Trinajstić information content (AvgIpc) is 3.67. The number of pyridine rings is 1. The molecule has 194 valence electrons. The van der Waals surface area contributed by atoms with Gasteiger partial charge in [0.15, 0.2) is 5.72 Å². The van der Waals surface area contributed by atoms with Crippen LogP contribution in [0.3, 0.4) is 0 Å². The smallest absolute Gasteiger partial charge is 0.274 e. The van der Waals surface area contributed by atoms with E-state index in [4.69, 9.17) is 9.47 Å². The lowest BCUT2D eigenvalue weighted by Crippen LogP contribution is -2.30. The molecule has 2 aromatic carbocycles. The van der Waals surface area contributed by atoms with Crippen molar-refractivity contribution in [3.63, 3.8) is 0 Å². The van der Waals surface area contributed by atoms with Gasteiger partial charge in [-0.2, -0.15) is 0 Å². The number of anilines is 3. The molecule has 1 aromatic heterocycles. The third kappa shape index (κ3) is 6.25. The number of nitrogens with one attached hydrogen (secondary N) is 2. The number of hydrogen-bond acceptors (Lipinski definition) is 7. The van der Waals surface area contributed by atoms with Crippen molar-refractivity contribution < 1.29 is 18.7 Å². The molecule has 0 radical (unpaired) electrons. The lowest BCUT2D eigenvalue weighted by molar-refractivity contribution is 0.102. The van der Waals surface area contributed by atoms with Crippen LogP contribution in [-0.2, 0) is 4.74 Å². The normalized spacial score (nSPS) is 16.3. The summed E-state index contributed by atoms with van der Waals surface area (Å²) in [5.41, 5.74) is 3.26. The van der Waals surface area contributed by atoms with Gasteiger partial charge in [-0.15, -0.1) is 0 Å². The first-order valence-corrected chi connectivity index (χ1v) is 11.9. The lowest BCUT2D eigenvalue weighted by atomic mass is 10.1. The molecule has 9 heteroatoms. The summed E-state index contributed by atoms with van der Waals surface area (Å²) in [7, 11) is 7.61. The zero-order chi connectivity index (χ0) is 26.6. The fraction of sp³-hybridized carbons (Fsp3) is 0.286. The Hall–Kier alpha value is -3.95. The molecule has 37 heavy (non-hydrogen) atoms. The molecule has 2 heterocycles. The summed E-state index contributed by atoms with van der Waals surface area (Å²) in [6.07, 6.45) is 3.28. The Morgan fingerprint density at radius 1 is 1.14 bits per heavy atom. The van der Waals surface area contributed by atoms with Gasteiger partial charge in [-0.3, -0.25) is 9.78 Å². The van der Waals surface area contributed by atoms with Crippen molar-refractivity contribution in [2.45, 2.75) is 5.72 Å². The number of ether oxygens (including phenoxy) is 2. The van der Waals surface area contributed by atoms with E-state index in [0.717, 1.165) is 35.6 Å². The number of aromatic nitrogens is 1. The van der Waals surface area contributed by atoms with Gasteiger partial charge in [-0.05, 0) is 61.6 Å². The molecule has 8 nitrogen and oxygen atoms in total. The maximum Gasteiger partial charge on any atom is 0.274 e. The van der Waals surface area contributed by atoms with Crippen molar-refractivity contribution in [2.24, 2.45) is 0 Å². The molecule has 0 aliphatic carbocycles. The third-order valence-electron chi connectivity index (χ3n) is 6.16. The largest absolute Gasteiger partial charge is 0.494 e. The third-order valence-corrected chi connectivity index (χ3v) is 6.16. The van der Waals surface area contributed by atoms with Crippen molar-refractivity contribution in [3.8, 4) is 16.9 Å². The standard InChI is InChI=1S/C28H32FN5O3/c1-6-28(18-37-28)32-22-16-23(26(36-5)17-25(22)34(4)14-13-33(2)3)31-27(35)24-15-20(11-12-30-24)19-7-9-21(29)10-8-19/h6-12,15-17,32H,1,13-14,18H2,2-5H3,(H,31,35). The Balaban J connectivity index is 1.64. The summed E-state index contributed by atoms with van der Waals surface area (Å²) in [6, 6.07) is 13.2. The van der Waals surface area contributed by atoms with E-state index in [-0.39, 0.29) is 11.5 Å². The van der Waals surface area contributed by atoms with Gasteiger partial charge in [0.05, 0.1) is 24.2 Å². The molecular weight excluding hydrogens is 473 g/mol. The maximum absolute atomic E-state index is 13.3. The van der Waals surface area contributed by atoms with E-state index in [1.807, 2.05) is 33.3 Å². The molecule has 1 aliphatic heterocycles. The van der Waals surface area contributed by atoms with Gasteiger partial charge >= 0.3 is 0 Å². The molecule has 0 spiro atoms. The van der Waals surface area contributed by atoms with Crippen molar-refractivity contribution in [3.05, 3.63) is 78.9 Å². The lowest BCUT2D eigenvalue weighted by Gasteiger charge is -2.27. The van der Waals surface area contributed by atoms with E-state index in [9.17, 15) is 9.18 Å². The zero-order valence-corrected chi connectivity index (χ0v) is 21.5. The average molecular weight is 506 g/mol. The van der Waals surface area contributed by atoms with Crippen LogP contribution in [0.2, 0.25) is 0 Å². The predicted octanol–water partition coefficient (Wildman–Crippen LogP) is 4.47. The monoisotopic (exact) mass is 505 g/mol. The second-order valence-electron chi connectivity index (χ2n) is 9.19. The second kappa shape index (κ2) is 11.0. The topological polar surface area (TPSA) is 82.3 Å². The van der Waals surface area contributed by atoms with Crippen LogP contribution < -0.4 is 20.3 Å². The number of benzene rings is 2. The number of amides is 1. The Bertz CT molecular complexity index is 1280. The Morgan fingerprint density at radius 2 is 1.86 bits per heavy atom. The van der Waals surface area contributed by atoms with Crippen LogP contribution >= 0.6 is 0 Å². The molecule has 1 amide bonds. The van der Waals surface area contributed by atoms with Gasteiger partial charge in [0.1, 0.15) is 23.9 Å². The first kappa shape index (κ1) is 26.1. The van der Waals surface area contributed by atoms with E-state index in [1.165, 1.54) is 12.1 Å². The predicted molar refractivity (Wildman–Crippen MR) is 145 cm³/mol. The Kier molecular flexibility index (Phi) is 7.75. The van der Waals surface area contributed by atoms with Crippen LogP contribution in [0.1, 0.15) is 10.5 Å². The minimum Gasteiger partial charge on any atom is -0.494 e. The fourth-order valence-corrected chi connectivity index (χ4v) is 3.83. The van der Waals surface area contributed by atoms with Crippen molar-refractivity contribution >= 4 is 23.0 Å². The van der Waals surface area contributed by atoms with Gasteiger partial charge in [-0.1, -0.05) is 18.7 Å². The second-order valence-corrected chi connectivity index (χ2v) is 9.19. The number of halogens is 1. The first-order valence-electron chi connectivity index (χ1n) is 11.9. The van der Waals surface area contributed by atoms with E-state index >= 15 is 0 Å². The summed E-state index contributed by atoms with van der Waals surface area (Å²) in [6.45, 7) is 6.01. The van der Waals surface area contributed by atoms with E-state index in [1.54, 1.807) is 43.6 Å². The van der Waals surface area contributed by atoms with Gasteiger partial charge in [0.25, 0.3) is 5.91 Å². The summed E-state index contributed by atoms with van der Waals surface area (Å²) >= 11 is 0. The van der Waals surface area contributed by atoms with Crippen LogP contribution in [-0.4, -0.2) is 69.5 Å². The highest BCUT2D eigenvalue weighted by Crippen LogP contribution is 2.40. The number of nitrogens with zero attached hydrogens (tertiary/aromatic N) is 3. The summed E-state index contributed by atoms with van der Waals surface area (Å²) in [5.74, 6) is -0.217. The Morgan fingerprint density at radius 3 is 2.49 bits per heavy atom. The van der Waals surface area contributed by atoms with E-state index < -0.39 is 11.6 Å². The van der Waals surface area contributed by atoms with E-state index in [0.29, 0.717) is 18.0 Å². The number of likely N-dealkylation sites (N-methyl/N-ethyl adjacent to an activating group) is 2.